The molecule has 0 bridgehead atoms. The van der Waals surface area contributed by atoms with Gasteiger partial charge in [0.25, 0.3) is 5.91 Å². The van der Waals surface area contributed by atoms with Gasteiger partial charge in [-0.1, -0.05) is 6.07 Å². The number of anilines is 1. The molecule has 1 saturated heterocycles. The minimum Gasteiger partial charge on any atom is -0.497 e. The molecule has 1 aliphatic carbocycles. The monoisotopic (exact) mass is 350 g/mol. The first-order valence-corrected chi connectivity index (χ1v) is 9.57. The molecule has 0 aromatic heterocycles. The molecule has 0 unspecified atom stereocenters. The number of nitrogens with zero attached hydrogens (tertiary/aromatic N) is 1. The Morgan fingerprint density at radius 2 is 1.85 bits per heavy atom. The van der Waals surface area contributed by atoms with Gasteiger partial charge in [-0.15, -0.1) is 0 Å². The van der Waals surface area contributed by atoms with Gasteiger partial charge in [0.05, 0.1) is 13.2 Å². The summed E-state index contributed by atoms with van der Waals surface area (Å²) in [7, 11) is 1.69. The molecule has 136 valence electrons. The molecule has 4 heteroatoms. The van der Waals surface area contributed by atoms with Crippen molar-refractivity contribution in [1.82, 2.24) is 5.32 Å². The topological polar surface area (TPSA) is 41.6 Å². The number of aryl methyl sites for hydroxylation is 1. The molecule has 0 spiro atoms. The molecule has 0 saturated carbocycles. The van der Waals surface area contributed by atoms with Gasteiger partial charge in [-0.3, -0.25) is 4.79 Å². The summed E-state index contributed by atoms with van der Waals surface area (Å²) in [5, 5.41) is 3.22. The van der Waals surface area contributed by atoms with Crippen molar-refractivity contribution in [1.29, 1.82) is 0 Å². The van der Waals surface area contributed by atoms with Crippen LogP contribution in [0.2, 0.25) is 0 Å². The van der Waals surface area contributed by atoms with E-state index in [0.717, 1.165) is 43.7 Å². The lowest BCUT2D eigenvalue weighted by Crippen LogP contribution is -2.31. The normalized spacial score (nSPS) is 19.1. The van der Waals surface area contributed by atoms with Gasteiger partial charge in [0, 0.05) is 24.3 Å². The van der Waals surface area contributed by atoms with Gasteiger partial charge in [-0.25, -0.2) is 0 Å². The Balaban J connectivity index is 1.47. The van der Waals surface area contributed by atoms with Crippen molar-refractivity contribution < 1.29 is 9.53 Å². The van der Waals surface area contributed by atoms with Crippen molar-refractivity contribution in [2.24, 2.45) is 0 Å². The van der Waals surface area contributed by atoms with E-state index in [-0.39, 0.29) is 11.9 Å². The molecule has 1 N–H and O–H groups in total. The first-order valence-electron chi connectivity index (χ1n) is 9.57. The highest BCUT2D eigenvalue weighted by Crippen LogP contribution is 2.32. The van der Waals surface area contributed by atoms with Crippen molar-refractivity contribution in [3.8, 4) is 5.75 Å². The first kappa shape index (κ1) is 17.0. The van der Waals surface area contributed by atoms with Gasteiger partial charge in [0.2, 0.25) is 0 Å². The maximum absolute atomic E-state index is 12.7. The van der Waals surface area contributed by atoms with Gasteiger partial charge in [-0.05, 0) is 79.6 Å². The lowest BCUT2D eigenvalue weighted by molar-refractivity contribution is 0.0933. The van der Waals surface area contributed by atoms with E-state index in [1.165, 1.54) is 29.7 Å². The largest absolute Gasteiger partial charge is 0.497 e. The van der Waals surface area contributed by atoms with Crippen LogP contribution in [0.15, 0.2) is 42.5 Å². The van der Waals surface area contributed by atoms with Crippen molar-refractivity contribution in [2.75, 3.05) is 25.1 Å². The number of methoxy groups -OCH3 is 1. The summed E-state index contributed by atoms with van der Waals surface area (Å²) >= 11 is 0. The zero-order valence-corrected chi connectivity index (χ0v) is 15.3. The standard InChI is InChI=1S/C22H26N2O2/c1-26-19-11-12-20-17(15-19)5-4-6-21(20)23-22(25)16-7-9-18(10-8-16)24-13-2-3-14-24/h7-12,15,21H,2-6,13-14H2,1H3,(H,23,25)/t21-/m0/s1. The number of nitrogens with one attached hydrogen (secondary N) is 1. The average molecular weight is 350 g/mol. The molecule has 1 aliphatic heterocycles. The van der Waals surface area contributed by atoms with Gasteiger partial charge < -0.3 is 15.0 Å². The summed E-state index contributed by atoms with van der Waals surface area (Å²) in [5.74, 6) is 0.889. The highest BCUT2D eigenvalue weighted by atomic mass is 16.5. The number of fused-ring (bicyclic) bond motifs is 1. The summed E-state index contributed by atoms with van der Waals surface area (Å²) in [6.45, 7) is 2.24. The Bertz CT molecular complexity index is 779. The Morgan fingerprint density at radius 3 is 2.58 bits per heavy atom. The SMILES string of the molecule is COc1ccc2c(c1)CCC[C@@H]2NC(=O)c1ccc(N2CCCC2)cc1. The van der Waals surface area contributed by atoms with E-state index in [2.05, 4.69) is 34.5 Å². The van der Waals surface area contributed by atoms with E-state index in [9.17, 15) is 4.79 Å². The van der Waals surface area contributed by atoms with Crippen LogP contribution in [-0.2, 0) is 6.42 Å². The quantitative estimate of drug-likeness (QED) is 0.902. The number of ether oxygens (including phenoxy) is 1. The highest BCUT2D eigenvalue weighted by Gasteiger charge is 2.23. The number of carbonyl (C=O) groups excluding carboxylic acids is 1. The van der Waals surface area contributed by atoms with Crippen LogP contribution in [0.1, 0.15) is 53.2 Å². The number of carbonyl (C=O) groups is 1. The van der Waals surface area contributed by atoms with Crippen LogP contribution in [0.4, 0.5) is 5.69 Å². The Kier molecular flexibility index (Phi) is 4.83. The maximum atomic E-state index is 12.7. The Morgan fingerprint density at radius 1 is 1.08 bits per heavy atom. The molecule has 1 atom stereocenters. The van der Waals surface area contributed by atoms with Crippen LogP contribution in [0.25, 0.3) is 0 Å². The van der Waals surface area contributed by atoms with E-state index in [1.807, 2.05) is 18.2 Å². The van der Waals surface area contributed by atoms with Gasteiger partial charge in [0.1, 0.15) is 5.75 Å². The van der Waals surface area contributed by atoms with Crippen LogP contribution < -0.4 is 15.0 Å². The molecule has 1 fully saturated rings. The molecule has 0 radical (unpaired) electrons. The average Bonchev–Trinajstić information content (AvgIpc) is 3.22. The van der Waals surface area contributed by atoms with Crippen LogP contribution in [0, 0.1) is 0 Å². The second-order valence-electron chi connectivity index (χ2n) is 7.22. The van der Waals surface area contributed by atoms with Crippen LogP contribution >= 0.6 is 0 Å². The number of hydrogen-bond acceptors (Lipinski definition) is 3. The van der Waals surface area contributed by atoms with Crippen molar-refractivity contribution in [3.05, 3.63) is 59.2 Å². The lowest BCUT2D eigenvalue weighted by atomic mass is 9.87. The van der Waals surface area contributed by atoms with Crippen LogP contribution in [0.5, 0.6) is 5.75 Å². The molecule has 2 aromatic rings. The summed E-state index contributed by atoms with van der Waals surface area (Å²) in [4.78, 5) is 15.1. The van der Waals surface area contributed by atoms with Crippen molar-refractivity contribution in [3.63, 3.8) is 0 Å². The molecule has 2 aliphatic rings. The predicted octanol–water partition coefficient (Wildman–Crippen LogP) is 4.10. The smallest absolute Gasteiger partial charge is 0.251 e. The molecule has 4 nitrogen and oxygen atoms in total. The second-order valence-corrected chi connectivity index (χ2v) is 7.22. The van der Waals surface area contributed by atoms with E-state index >= 15 is 0 Å². The molecule has 1 heterocycles. The minimum atomic E-state index is 0.00615. The minimum absolute atomic E-state index is 0.00615. The third-order valence-electron chi connectivity index (χ3n) is 5.57. The fourth-order valence-corrected chi connectivity index (χ4v) is 4.11. The van der Waals surface area contributed by atoms with Crippen LogP contribution in [0.3, 0.4) is 0 Å². The van der Waals surface area contributed by atoms with Crippen molar-refractivity contribution in [2.45, 2.75) is 38.1 Å². The second kappa shape index (κ2) is 7.40. The Labute approximate surface area is 155 Å². The molecular formula is C22H26N2O2. The number of hydrogen-bond donors (Lipinski definition) is 1. The van der Waals surface area contributed by atoms with Crippen molar-refractivity contribution >= 4 is 11.6 Å². The highest BCUT2D eigenvalue weighted by molar-refractivity contribution is 5.94. The van der Waals surface area contributed by atoms with Gasteiger partial charge >= 0.3 is 0 Å². The number of benzene rings is 2. The number of rotatable bonds is 4. The summed E-state index contributed by atoms with van der Waals surface area (Å²) in [6, 6.07) is 14.3. The lowest BCUT2D eigenvalue weighted by Gasteiger charge is -2.27. The molecule has 26 heavy (non-hydrogen) atoms. The zero-order valence-electron chi connectivity index (χ0n) is 15.3. The third-order valence-corrected chi connectivity index (χ3v) is 5.57. The molecule has 1 amide bonds. The third kappa shape index (κ3) is 3.41. The Hall–Kier alpha value is -2.49. The fraction of sp³-hybridized carbons (Fsp3) is 0.409. The summed E-state index contributed by atoms with van der Waals surface area (Å²) < 4.78 is 5.33. The first-order chi connectivity index (χ1) is 12.7. The predicted molar refractivity (Wildman–Crippen MR) is 104 cm³/mol. The van der Waals surface area contributed by atoms with Gasteiger partial charge in [0.15, 0.2) is 0 Å². The summed E-state index contributed by atoms with van der Waals surface area (Å²) in [6.07, 6.45) is 5.63. The van der Waals surface area contributed by atoms with Crippen LogP contribution in [-0.4, -0.2) is 26.1 Å². The summed E-state index contributed by atoms with van der Waals surface area (Å²) in [5.41, 5.74) is 4.45. The molecule has 4 rings (SSSR count). The molecular weight excluding hydrogens is 324 g/mol. The fourth-order valence-electron chi connectivity index (χ4n) is 4.11. The number of amides is 1. The van der Waals surface area contributed by atoms with E-state index in [4.69, 9.17) is 4.74 Å². The van der Waals surface area contributed by atoms with Gasteiger partial charge in [-0.2, -0.15) is 0 Å². The maximum Gasteiger partial charge on any atom is 0.251 e. The zero-order chi connectivity index (χ0) is 17.9. The van der Waals surface area contributed by atoms with E-state index in [0.29, 0.717) is 0 Å². The van der Waals surface area contributed by atoms with E-state index in [1.54, 1.807) is 7.11 Å². The van der Waals surface area contributed by atoms with E-state index < -0.39 is 0 Å². The molecule has 2 aromatic carbocycles.